The molecule has 0 bridgehead atoms. The summed E-state index contributed by atoms with van der Waals surface area (Å²) in [7, 11) is 1.62. The Balaban J connectivity index is 2.16. The number of hydrogen-bond donors (Lipinski definition) is 2. The Hall–Kier alpha value is -0.430. The zero-order valence-electron chi connectivity index (χ0n) is 10.8. The maximum atomic E-state index is 11.4. The van der Waals surface area contributed by atoms with E-state index < -0.39 is 0 Å². The number of carbonyl (C=O) groups excluding carboxylic acids is 1. The standard InChI is InChI=1S/C13H18Br2N2O2/c1-19-7-6-17-13(18)4-5-16-9-10-2-3-11(14)12(15)8-10/h2-3,8,16H,4-7,9H2,1H3,(H,17,18). The summed E-state index contributed by atoms with van der Waals surface area (Å²) in [6.45, 7) is 2.52. The van der Waals surface area contributed by atoms with Crippen molar-refractivity contribution in [2.24, 2.45) is 0 Å². The molecule has 0 unspecified atom stereocenters. The molecular formula is C13H18Br2N2O2. The van der Waals surface area contributed by atoms with E-state index in [1.54, 1.807) is 7.11 Å². The van der Waals surface area contributed by atoms with Crippen molar-refractivity contribution in [2.45, 2.75) is 13.0 Å². The lowest BCUT2D eigenvalue weighted by molar-refractivity contribution is -0.121. The normalized spacial score (nSPS) is 10.5. The van der Waals surface area contributed by atoms with Gasteiger partial charge in [0.05, 0.1) is 6.61 Å². The Kier molecular flexibility index (Phi) is 8.29. The van der Waals surface area contributed by atoms with Crippen LogP contribution in [0.3, 0.4) is 0 Å². The molecule has 0 atom stereocenters. The smallest absolute Gasteiger partial charge is 0.221 e. The second kappa shape index (κ2) is 9.47. The highest BCUT2D eigenvalue weighted by atomic mass is 79.9. The number of ether oxygens (including phenoxy) is 1. The maximum Gasteiger partial charge on any atom is 0.221 e. The average molecular weight is 394 g/mol. The Labute approximate surface area is 130 Å². The van der Waals surface area contributed by atoms with Crippen molar-refractivity contribution in [1.29, 1.82) is 0 Å². The molecule has 0 aliphatic heterocycles. The van der Waals surface area contributed by atoms with Crippen LogP contribution in [0, 0.1) is 0 Å². The number of halogens is 2. The van der Waals surface area contributed by atoms with Crippen LogP contribution in [0.4, 0.5) is 0 Å². The van der Waals surface area contributed by atoms with Crippen LogP contribution in [0.5, 0.6) is 0 Å². The van der Waals surface area contributed by atoms with Crippen molar-refractivity contribution in [1.82, 2.24) is 10.6 Å². The molecule has 1 aromatic rings. The minimum atomic E-state index is 0.0431. The molecule has 0 spiro atoms. The highest BCUT2D eigenvalue weighted by Gasteiger charge is 2.01. The molecule has 6 heteroatoms. The lowest BCUT2D eigenvalue weighted by Gasteiger charge is -2.07. The molecule has 1 rings (SSSR count). The molecule has 0 saturated carbocycles. The van der Waals surface area contributed by atoms with Gasteiger partial charge in [-0.25, -0.2) is 0 Å². The molecule has 0 saturated heterocycles. The second-order valence-electron chi connectivity index (χ2n) is 4.02. The van der Waals surface area contributed by atoms with Crippen LogP contribution in [0.15, 0.2) is 27.1 Å². The first-order valence-corrected chi connectivity index (χ1v) is 7.62. The third kappa shape index (κ3) is 7.06. The fraction of sp³-hybridized carbons (Fsp3) is 0.462. The summed E-state index contributed by atoms with van der Waals surface area (Å²) in [4.78, 5) is 11.4. The minimum absolute atomic E-state index is 0.0431. The summed E-state index contributed by atoms with van der Waals surface area (Å²) < 4.78 is 6.93. The number of methoxy groups -OCH3 is 1. The van der Waals surface area contributed by atoms with Gasteiger partial charge in [-0.1, -0.05) is 6.07 Å². The maximum absolute atomic E-state index is 11.4. The number of benzene rings is 1. The molecular weight excluding hydrogens is 376 g/mol. The third-order valence-corrected chi connectivity index (χ3v) is 4.35. The molecule has 1 amide bonds. The average Bonchev–Trinajstić information content (AvgIpc) is 2.39. The van der Waals surface area contributed by atoms with Crippen LogP contribution in [0.1, 0.15) is 12.0 Å². The van der Waals surface area contributed by atoms with E-state index in [1.807, 2.05) is 12.1 Å². The van der Waals surface area contributed by atoms with Gasteiger partial charge in [-0.3, -0.25) is 4.79 Å². The third-order valence-electron chi connectivity index (χ3n) is 2.47. The van der Waals surface area contributed by atoms with Crippen molar-refractivity contribution < 1.29 is 9.53 Å². The van der Waals surface area contributed by atoms with Crippen LogP contribution in [-0.2, 0) is 16.1 Å². The first-order valence-electron chi connectivity index (χ1n) is 6.03. The van der Waals surface area contributed by atoms with Crippen molar-refractivity contribution >= 4 is 37.8 Å². The van der Waals surface area contributed by atoms with E-state index in [1.165, 1.54) is 5.56 Å². The highest BCUT2D eigenvalue weighted by Crippen LogP contribution is 2.23. The number of carbonyl (C=O) groups is 1. The van der Waals surface area contributed by atoms with Crippen molar-refractivity contribution in [3.63, 3.8) is 0 Å². The number of nitrogens with one attached hydrogen (secondary N) is 2. The summed E-state index contributed by atoms with van der Waals surface area (Å²) in [6.07, 6.45) is 0.474. The van der Waals surface area contributed by atoms with Gasteiger partial charge >= 0.3 is 0 Å². The lowest BCUT2D eigenvalue weighted by Crippen LogP contribution is -2.29. The van der Waals surface area contributed by atoms with E-state index in [0.29, 0.717) is 26.1 Å². The fourth-order valence-corrected chi connectivity index (χ4v) is 2.14. The highest BCUT2D eigenvalue weighted by molar-refractivity contribution is 9.13. The van der Waals surface area contributed by atoms with Gasteiger partial charge in [0.1, 0.15) is 0 Å². The molecule has 0 aliphatic carbocycles. The Morgan fingerprint density at radius 3 is 2.74 bits per heavy atom. The second-order valence-corrected chi connectivity index (χ2v) is 5.73. The zero-order chi connectivity index (χ0) is 14.1. The Bertz CT molecular complexity index is 414. The predicted octanol–water partition coefficient (Wildman–Crippen LogP) is 2.45. The quantitative estimate of drug-likeness (QED) is 0.667. The predicted molar refractivity (Wildman–Crippen MR) is 83.1 cm³/mol. The van der Waals surface area contributed by atoms with Crippen LogP contribution < -0.4 is 10.6 Å². The monoisotopic (exact) mass is 392 g/mol. The number of rotatable bonds is 8. The molecule has 19 heavy (non-hydrogen) atoms. The molecule has 0 aliphatic rings. The van der Waals surface area contributed by atoms with Gasteiger partial charge in [0.2, 0.25) is 5.91 Å². The summed E-state index contributed by atoms with van der Waals surface area (Å²) in [6, 6.07) is 6.09. The van der Waals surface area contributed by atoms with E-state index in [0.717, 1.165) is 15.5 Å². The first kappa shape index (κ1) is 16.6. The summed E-state index contributed by atoms with van der Waals surface area (Å²) in [5.41, 5.74) is 1.18. The number of hydrogen-bond acceptors (Lipinski definition) is 3. The van der Waals surface area contributed by atoms with Gasteiger partial charge in [0.25, 0.3) is 0 Å². The van der Waals surface area contributed by atoms with E-state index in [2.05, 4.69) is 48.6 Å². The Morgan fingerprint density at radius 1 is 1.26 bits per heavy atom. The van der Waals surface area contributed by atoms with Gasteiger partial charge in [0, 0.05) is 42.1 Å². The molecule has 0 fully saturated rings. The molecule has 0 heterocycles. The van der Waals surface area contributed by atoms with Crippen molar-refractivity contribution in [2.75, 3.05) is 26.8 Å². The Morgan fingerprint density at radius 2 is 2.05 bits per heavy atom. The van der Waals surface area contributed by atoms with Crippen LogP contribution in [0.25, 0.3) is 0 Å². The topological polar surface area (TPSA) is 50.4 Å². The van der Waals surface area contributed by atoms with E-state index in [4.69, 9.17) is 4.74 Å². The van der Waals surface area contributed by atoms with Gasteiger partial charge in [-0.05, 0) is 49.6 Å². The molecule has 0 aromatic heterocycles. The first-order chi connectivity index (χ1) is 9.13. The van der Waals surface area contributed by atoms with Gasteiger partial charge in [0.15, 0.2) is 0 Å². The fourth-order valence-electron chi connectivity index (χ4n) is 1.47. The van der Waals surface area contributed by atoms with Gasteiger partial charge < -0.3 is 15.4 Å². The summed E-state index contributed by atoms with van der Waals surface area (Å²) in [5.74, 6) is 0.0431. The SMILES string of the molecule is COCCNC(=O)CCNCc1ccc(Br)c(Br)c1. The van der Waals surface area contributed by atoms with Crippen molar-refractivity contribution in [3.8, 4) is 0 Å². The van der Waals surface area contributed by atoms with Gasteiger partial charge in [-0.15, -0.1) is 0 Å². The molecule has 4 nitrogen and oxygen atoms in total. The van der Waals surface area contributed by atoms with Crippen LogP contribution >= 0.6 is 31.9 Å². The van der Waals surface area contributed by atoms with E-state index >= 15 is 0 Å². The minimum Gasteiger partial charge on any atom is -0.383 e. The van der Waals surface area contributed by atoms with E-state index in [9.17, 15) is 4.79 Å². The summed E-state index contributed by atoms with van der Waals surface area (Å²) >= 11 is 6.89. The lowest BCUT2D eigenvalue weighted by atomic mass is 10.2. The van der Waals surface area contributed by atoms with E-state index in [-0.39, 0.29) is 5.91 Å². The largest absolute Gasteiger partial charge is 0.383 e. The van der Waals surface area contributed by atoms with Crippen LogP contribution in [-0.4, -0.2) is 32.7 Å². The summed E-state index contributed by atoms with van der Waals surface area (Å²) in [5, 5.41) is 6.02. The molecule has 2 N–H and O–H groups in total. The molecule has 0 radical (unpaired) electrons. The zero-order valence-corrected chi connectivity index (χ0v) is 14.0. The van der Waals surface area contributed by atoms with Crippen molar-refractivity contribution in [3.05, 3.63) is 32.7 Å². The number of amides is 1. The molecule has 1 aromatic carbocycles. The molecule has 106 valence electrons. The van der Waals surface area contributed by atoms with Gasteiger partial charge in [-0.2, -0.15) is 0 Å². The van der Waals surface area contributed by atoms with Crippen LogP contribution in [0.2, 0.25) is 0 Å².